The smallest absolute Gasteiger partial charge is 0.123 e. The first-order chi connectivity index (χ1) is 9.35. The fourth-order valence-corrected chi connectivity index (χ4v) is 2.54. The molecule has 0 saturated carbocycles. The van der Waals surface area contributed by atoms with Crippen molar-refractivity contribution in [3.8, 4) is 5.75 Å². The first-order valence-electron chi connectivity index (χ1n) is 6.95. The topological polar surface area (TPSA) is 26.2 Å². The fraction of sp³-hybridized carbons (Fsp3) is 0.375. The summed E-state index contributed by atoms with van der Waals surface area (Å²) < 4.78 is 8.10. The Morgan fingerprint density at radius 1 is 1.32 bits per heavy atom. The third kappa shape index (κ3) is 2.82. The van der Waals surface area contributed by atoms with Gasteiger partial charge in [-0.25, -0.2) is 0 Å². The molecule has 19 heavy (non-hydrogen) atoms. The monoisotopic (exact) mass is 256 g/mol. The number of para-hydroxylation sites is 1. The summed E-state index contributed by atoms with van der Waals surface area (Å²) in [6, 6.07) is 10.5. The predicted octanol–water partition coefficient (Wildman–Crippen LogP) is 2.60. The van der Waals surface area contributed by atoms with E-state index in [0.29, 0.717) is 0 Å². The second-order valence-electron chi connectivity index (χ2n) is 5.03. The highest BCUT2D eigenvalue weighted by molar-refractivity contribution is 5.37. The van der Waals surface area contributed by atoms with Crippen LogP contribution >= 0.6 is 0 Å². The Labute approximate surface area is 114 Å². The van der Waals surface area contributed by atoms with Crippen LogP contribution in [0, 0.1) is 0 Å². The van der Waals surface area contributed by atoms with E-state index in [1.807, 2.05) is 6.07 Å². The third-order valence-corrected chi connectivity index (χ3v) is 3.59. The van der Waals surface area contributed by atoms with Crippen LogP contribution in [0.4, 0.5) is 0 Å². The SMILES string of the molecule is CCn1ccc(CNCC2Cc3ccccc3O2)c1. The maximum Gasteiger partial charge on any atom is 0.123 e. The molecule has 0 spiro atoms. The molecule has 3 rings (SSSR count). The standard InChI is InChI=1S/C16H20N2O/c1-2-18-8-7-13(12-18)10-17-11-15-9-14-5-3-4-6-16(14)19-15/h3-8,12,15,17H,2,9-11H2,1H3. The molecule has 2 aromatic rings. The summed E-state index contributed by atoms with van der Waals surface area (Å²) in [6.45, 7) is 4.98. The van der Waals surface area contributed by atoms with Crippen molar-refractivity contribution in [2.24, 2.45) is 0 Å². The Hall–Kier alpha value is -1.74. The number of ether oxygens (including phenoxy) is 1. The molecule has 0 amide bonds. The van der Waals surface area contributed by atoms with Gasteiger partial charge in [0.1, 0.15) is 11.9 Å². The van der Waals surface area contributed by atoms with E-state index < -0.39 is 0 Å². The lowest BCUT2D eigenvalue weighted by molar-refractivity contribution is 0.227. The van der Waals surface area contributed by atoms with Gasteiger partial charge < -0.3 is 14.6 Å². The van der Waals surface area contributed by atoms with Crippen molar-refractivity contribution >= 4 is 0 Å². The Balaban J connectivity index is 1.47. The summed E-state index contributed by atoms with van der Waals surface area (Å²) in [6.07, 6.45) is 5.60. The molecule has 0 radical (unpaired) electrons. The molecule has 0 aliphatic carbocycles. The highest BCUT2D eigenvalue weighted by Crippen LogP contribution is 2.27. The number of hydrogen-bond donors (Lipinski definition) is 1. The van der Waals surface area contributed by atoms with E-state index in [9.17, 15) is 0 Å². The van der Waals surface area contributed by atoms with Crippen molar-refractivity contribution in [1.29, 1.82) is 0 Å². The normalized spacial score (nSPS) is 17.2. The van der Waals surface area contributed by atoms with Gasteiger partial charge in [-0.1, -0.05) is 18.2 Å². The van der Waals surface area contributed by atoms with Crippen molar-refractivity contribution in [3.63, 3.8) is 0 Å². The number of nitrogens with one attached hydrogen (secondary N) is 1. The zero-order chi connectivity index (χ0) is 13.1. The number of benzene rings is 1. The van der Waals surface area contributed by atoms with Crippen LogP contribution in [0.1, 0.15) is 18.1 Å². The van der Waals surface area contributed by atoms with Crippen LogP contribution in [0.3, 0.4) is 0 Å². The molecule has 0 saturated heterocycles. The summed E-state index contributed by atoms with van der Waals surface area (Å²) in [7, 11) is 0. The van der Waals surface area contributed by atoms with E-state index in [4.69, 9.17) is 4.74 Å². The van der Waals surface area contributed by atoms with Gasteiger partial charge in [-0.05, 0) is 30.2 Å². The van der Waals surface area contributed by atoms with Crippen LogP contribution in [0.25, 0.3) is 0 Å². The van der Waals surface area contributed by atoms with E-state index in [1.54, 1.807) is 0 Å². The van der Waals surface area contributed by atoms with Crippen LogP contribution in [0.5, 0.6) is 5.75 Å². The van der Waals surface area contributed by atoms with Gasteiger partial charge in [0.05, 0.1) is 0 Å². The second-order valence-corrected chi connectivity index (χ2v) is 5.03. The Kier molecular flexibility index (Phi) is 3.56. The van der Waals surface area contributed by atoms with Gasteiger partial charge in [-0.15, -0.1) is 0 Å². The highest BCUT2D eigenvalue weighted by Gasteiger charge is 2.21. The van der Waals surface area contributed by atoms with Gasteiger partial charge in [0.15, 0.2) is 0 Å². The molecule has 1 atom stereocenters. The lowest BCUT2D eigenvalue weighted by Crippen LogP contribution is -2.29. The fourth-order valence-electron chi connectivity index (χ4n) is 2.54. The molecular formula is C16H20N2O. The zero-order valence-electron chi connectivity index (χ0n) is 11.3. The minimum Gasteiger partial charge on any atom is -0.488 e. The van der Waals surface area contributed by atoms with Crippen LogP contribution < -0.4 is 10.1 Å². The van der Waals surface area contributed by atoms with Crippen molar-refractivity contribution < 1.29 is 4.74 Å². The Morgan fingerprint density at radius 3 is 3.00 bits per heavy atom. The van der Waals surface area contributed by atoms with Gasteiger partial charge in [0, 0.05) is 38.4 Å². The molecule has 1 aromatic heterocycles. The first kappa shape index (κ1) is 12.3. The summed E-state index contributed by atoms with van der Waals surface area (Å²) in [5.41, 5.74) is 2.66. The molecule has 3 nitrogen and oxygen atoms in total. The third-order valence-electron chi connectivity index (χ3n) is 3.59. The average Bonchev–Trinajstić information content (AvgIpc) is 3.04. The van der Waals surface area contributed by atoms with Crippen LogP contribution in [-0.4, -0.2) is 17.2 Å². The molecular weight excluding hydrogens is 236 g/mol. The number of aromatic nitrogens is 1. The zero-order valence-corrected chi connectivity index (χ0v) is 11.3. The van der Waals surface area contributed by atoms with E-state index in [0.717, 1.165) is 31.8 Å². The molecule has 2 heterocycles. The first-order valence-corrected chi connectivity index (χ1v) is 6.95. The average molecular weight is 256 g/mol. The number of aryl methyl sites for hydroxylation is 1. The van der Waals surface area contributed by atoms with Crippen molar-refractivity contribution in [2.75, 3.05) is 6.54 Å². The summed E-state index contributed by atoms with van der Waals surface area (Å²) in [4.78, 5) is 0. The molecule has 1 aromatic carbocycles. The number of hydrogen-bond acceptors (Lipinski definition) is 2. The minimum atomic E-state index is 0.269. The van der Waals surface area contributed by atoms with Gasteiger partial charge >= 0.3 is 0 Å². The molecule has 0 fully saturated rings. The van der Waals surface area contributed by atoms with Crippen LogP contribution in [0.2, 0.25) is 0 Å². The largest absolute Gasteiger partial charge is 0.488 e. The van der Waals surface area contributed by atoms with Crippen LogP contribution in [0.15, 0.2) is 42.7 Å². The molecule has 1 N–H and O–H groups in total. The number of fused-ring (bicyclic) bond motifs is 1. The summed E-state index contributed by atoms with van der Waals surface area (Å²) in [5, 5.41) is 3.48. The predicted molar refractivity (Wildman–Crippen MR) is 76.4 cm³/mol. The lowest BCUT2D eigenvalue weighted by atomic mass is 10.1. The highest BCUT2D eigenvalue weighted by atomic mass is 16.5. The quantitative estimate of drug-likeness (QED) is 0.890. The van der Waals surface area contributed by atoms with Crippen LogP contribution in [-0.2, 0) is 19.5 Å². The number of rotatable bonds is 5. The van der Waals surface area contributed by atoms with Gasteiger partial charge in [0.2, 0.25) is 0 Å². The van der Waals surface area contributed by atoms with Crippen molar-refractivity contribution in [3.05, 3.63) is 53.9 Å². The molecule has 100 valence electrons. The van der Waals surface area contributed by atoms with Gasteiger partial charge in [0.25, 0.3) is 0 Å². The molecule has 0 bridgehead atoms. The van der Waals surface area contributed by atoms with E-state index in [-0.39, 0.29) is 6.10 Å². The molecule has 1 aliphatic rings. The van der Waals surface area contributed by atoms with E-state index in [2.05, 4.69) is 53.5 Å². The summed E-state index contributed by atoms with van der Waals surface area (Å²) in [5.74, 6) is 1.05. The Bertz CT molecular complexity index is 522. The second kappa shape index (κ2) is 5.49. The van der Waals surface area contributed by atoms with Gasteiger partial charge in [-0.3, -0.25) is 0 Å². The Morgan fingerprint density at radius 2 is 2.21 bits per heavy atom. The van der Waals surface area contributed by atoms with Crippen molar-refractivity contribution in [1.82, 2.24) is 9.88 Å². The van der Waals surface area contributed by atoms with E-state index in [1.165, 1.54) is 11.1 Å². The maximum absolute atomic E-state index is 5.90. The maximum atomic E-state index is 5.90. The van der Waals surface area contributed by atoms with E-state index >= 15 is 0 Å². The minimum absolute atomic E-state index is 0.269. The molecule has 3 heteroatoms. The van der Waals surface area contributed by atoms with Crippen molar-refractivity contribution in [2.45, 2.75) is 32.5 Å². The summed E-state index contributed by atoms with van der Waals surface area (Å²) >= 11 is 0. The molecule has 1 aliphatic heterocycles. The lowest BCUT2D eigenvalue weighted by Gasteiger charge is -2.11. The number of nitrogens with zero attached hydrogens (tertiary/aromatic N) is 1. The van der Waals surface area contributed by atoms with Gasteiger partial charge in [-0.2, -0.15) is 0 Å². The molecule has 1 unspecified atom stereocenters.